The standard InChI is InChI=1S/C22H21FN2O/c23-18-4-1-3-17(13-18)5-8-21-6-2-7-22(16-21,10-9-21)14-20(26)19-15-24-11-12-25-19/h1,3-4,11-13,15H,2,6-7,9-10,14,16H2. The van der Waals surface area contributed by atoms with Crippen LogP contribution in [0.2, 0.25) is 0 Å². The van der Waals surface area contributed by atoms with Gasteiger partial charge in [0, 0.05) is 29.8 Å². The molecule has 0 spiro atoms. The Labute approximate surface area is 153 Å². The molecular weight excluding hydrogens is 327 g/mol. The van der Waals surface area contributed by atoms with Gasteiger partial charge in [-0.15, -0.1) is 0 Å². The van der Waals surface area contributed by atoms with Crippen molar-refractivity contribution in [1.82, 2.24) is 9.97 Å². The maximum absolute atomic E-state index is 13.4. The van der Waals surface area contributed by atoms with Crippen molar-refractivity contribution in [2.75, 3.05) is 0 Å². The number of aromatic nitrogens is 2. The number of rotatable bonds is 3. The van der Waals surface area contributed by atoms with Gasteiger partial charge in [-0.25, -0.2) is 9.37 Å². The van der Waals surface area contributed by atoms with Crippen LogP contribution >= 0.6 is 0 Å². The van der Waals surface area contributed by atoms with Gasteiger partial charge in [-0.05, 0) is 55.7 Å². The Morgan fingerprint density at radius 1 is 1.19 bits per heavy atom. The van der Waals surface area contributed by atoms with Crippen LogP contribution in [0, 0.1) is 28.5 Å². The van der Waals surface area contributed by atoms with E-state index in [-0.39, 0.29) is 22.4 Å². The van der Waals surface area contributed by atoms with Gasteiger partial charge in [0.15, 0.2) is 5.78 Å². The smallest absolute Gasteiger partial charge is 0.183 e. The van der Waals surface area contributed by atoms with Gasteiger partial charge in [-0.3, -0.25) is 9.78 Å². The Hall–Kier alpha value is -2.54. The van der Waals surface area contributed by atoms with Crippen LogP contribution in [0.5, 0.6) is 0 Å². The van der Waals surface area contributed by atoms with Gasteiger partial charge in [0.2, 0.25) is 0 Å². The van der Waals surface area contributed by atoms with E-state index in [0.29, 0.717) is 12.1 Å². The van der Waals surface area contributed by atoms with Gasteiger partial charge in [0.1, 0.15) is 11.5 Å². The second-order valence-electron chi connectivity index (χ2n) is 7.76. The lowest BCUT2D eigenvalue weighted by Crippen LogP contribution is -2.29. The summed E-state index contributed by atoms with van der Waals surface area (Å²) < 4.78 is 13.4. The van der Waals surface area contributed by atoms with Gasteiger partial charge in [-0.1, -0.05) is 24.3 Å². The average Bonchev–Trinajstić information content (AvgIpc) is 2.91. The van der Waals surface area contributed by atoms with Crippen molar-refractivity contribution in [1.29, 1.82) is 0 Å². The molecule has 3 nitrogen and oxygen atoms in total. The molecule has 2 aliphatic rings. The first-order chi connectivity index (χ1) is 12.6. The molecule has 2 fully saturated rings. The van der Waals surface area contributed by atoms with E-state index in [9.17, 15) is 9.18 Å². The zero-order valence-electron chi connectivity index (χ0n) is 14.7. The van der Waals surface area contributed by atoms with Crippen molar-refractivity contribution in [3.05, 3.63) is 59.9 Å². The summed E-state index contributed by atoms with van der Waals surface area (Å²) in [6, 6.07) is 6.45. The first-order valence-electron chi connectivity index (χ1n) is 9.16. The van der Waals surface area contributed by atoms with Crippen molar-refractivity contribution < 1.29 is 9.18 Å². The highest BCUT2D eigenvalue weighted by Crippen LogP contribution is 2.60. The number of carbonyl (C=O) groups excluding carboxylic acids is 1. The number of nitrogens with zero attached hydrogens (tertiary/aromatic N) is 2. The number of benzene rings is 1. The minimum absolute atomic E-state index is 0.0312. The number of fused-ring (bicyclic) bond motifs is 2. The van der Waals surface area contributed by atoms with Gasteiger partial charge >= 0.3 is 0 Å². The third kappa shape index (κ3) is 3.39. The van der Waals surface area contributed by atoms with Crippen LogP contribution in [-0.4, -0.2) is 15.8 Å². The molecule has 26 heavy (non-hydrogen) atoms. The highest BCUT2D eigenvalue weighted by molar-refractivity contribution is 5.94. The highest BCUT2D eigenvalue weighted by Gasteiger charge is 2.51. The molecule has 2 aliphatic carbocycles. The molecule has 2 unspecified atom stereocenters. The average molecular weight is 348 g/mol. The lowest BCUT2D eigenvalue weighted by molar-refractivity contribution is 0.0856. The van der Waals surface area contributed by atoms with Gasteiger partial charge < -0.3 is 0 Å². The van der Waals surface area contributed by atoms with E-state index in [4.69, 9.17) is 0 Å². The third-order valence-corrected chi connectivity index (χ3v) is 5.89. The maximum atomic E-state index is 13.4. The van der Waals surface area contributed by atoms with Crippen LogP contribution in [0.25, 0.3) is 0 Å². The van der Waals surface area contributed by atoms with Crippen molar-refractivity contribution in [2.24, 2.45) is 10.8 Å². The zero-order chi connectivity index (χ0) is 18.0. The molecule has 4 heteroatoms. The summed E-state index contributed by atoms with van der Waals surface area (Å²) in [6.45, 7) is 0. The normalized spacial score (nSPS) is 26.8. The molecule has 2 bridgehead atoms. The van der Waals surface area contributed by atoms with Gasteiger partial charge in [0.05, 0.1) is 6.20 Å². The second-order valence-corrected chi connectivity index (χ2v) is 7.76. The third-order valence-electron chi connectivity index (χ3n) is 5.89. The highest BCUT2D eigenvalue weighted by atomic mass is 19.1. The molecule has 2 aromatic rings. The van der Waals surface area contributed by atoms with Crippen molar-refractivity contribution in [3.8, 4) is 11.8 Å². The fourth-order valence-corrected chi connectivity index (χ4v) is 4.68. The van der Waals surface area contributed by atoms with E-state index in [2.05, 4.69) is 21.8 Å². The van der Waals surface area contributed by atoms with Crippen LogP contribution in [0.4, 0.5) is 4.39 Å². The number of ketones is 1. The molecule has 1 aromatic carbocycles. The lowest BCUT2D eigenvalue weighted by Gasteiger charge is -2.36. The number of hydrogen-bond acceptors (Lipinski definition) is 3. The second kappa shape index (κ2) is 6.64. The molecule has 0 N–H and O–H groups in total. The van der Waals surface area contributed by atoms with E-state index in [1.165, 1.54) is 12.1 Å². The fourth-order valence-electron chi connectivity index (χ4n) is 4.68. The Morgan fingerprint density at radius 3 is 2.92 bits per heavy atom. The Kier molecular flexibility index (Phi) is 4.32. The van der Waals surface area contributed by atoms with Gasteiger partial charge in [-0.2, -0.15) is 0 Å². The van der Waals surface area contributed by atoms with Crippen LogP contribution in [0.15, 0.2) is 42.9 Å². The van der Waals surface area contributed by atoms with Crippen LogP contribution in [-0.2, 0) is 0 Å². The molecule has 2 saturated carbocycles. The first kappa shape index (κ1) is 16.9. The topological polar surface area (TPSA) is 42.9 Å². The first-order valence-corrected chi connectivity index (χ1v) is 9.16. The SMILES string of the molecule is O=C(CC12CCCC(C#Cc3cccc(F)c3)(CC1)C2)c1cnccn1. The number of halogens is 1. The maximum Gasteiger partial charge on any atom is 0.183 e. The predicted molar refractivity (Wildman–Crippen MR) is 96.8 cm³/mol. The minimum atomic E-state index is -0.256. The summed E-state index contributed by atoms with van der Waals surface area (Å²) in [7, 11) is 0. The molecular formula is C22H21FN2O. The van der Waals surface area contributed by atoms with Crippen LogP contribution < -0.4 is 0 Å². The van der Waals surface area contributed by atoms with Crippen LogP contribution in [0.3, 0.4) is 0 Å². The zero-order valence-corrected chi connectivity index (χ0v) is 14.7. The van der Waals surface area contributed by atoms with E-state index >= 15 is 0 Å². The summed E-state index contributed by atoms with van der Waals surface area (Å²) in [5, 5.41) is 0. The molecule has 4 rings (SSSR count). The summed E-state index contributed by atoms with van der Waals surface area (Å²) in [6.07, 6.45) is 11.4. The molecule has 1 heterocycles. The molecule has 1 aromatic heterocycles. The minimum Gasteiger partial charge on any atom is -0.292 e. The molecule has 2 atom stereocenters. The van der Waals surface area contributed by atoms with Crippen molar-refractivity contribution in [2.45, 2.75) is 44.9 Å². The van der Waals surface area contributed by atoms with E-state index in [1.807, 2.05) is 6.07 Å². The lowest BCUT2D eigenvalue weighted by atomic mass is 9.67. The summed E-state index contributed by atoms with van der Waals surface area (Å²) in [4.78, 5) is 20.8. The van der Waals surface area contributed by atoms with Crippen LogP contribution in [0.1, 0.15) is 61.0 Å². The molecule has 132 valence electrons. The van der Waals surface area contributed by atoms with E-state index < -0.39 is 0 Å². The molecule has 0 radical (unpaired) electrons. The summed E-state index contributed by atoms with van der Waals surface area (Å²) >= 11 is 0. The Balaban J connectivity index is 1.52. The largest absolute Gasteiger partial charge is 0.292 e. The quantitative estimate of drug-likeness (QED) is 0.602. The molecule has 0 aliphatic heterocycles. The number of Topliss-reactive ketones (excluding diaryl/α,β-unsaturated/α-hetero) is 1. The van der Waals surface area contributed by atoms with E-state index in [0.717, 1.165) is 44.1 Å². The summed E-state index contributed by atoms with van der Waals surface area (Å²) in [5.74, 6) is 6.45. The molecule has 0 amide bonds. The number of hydrogen-bond donors (Lipinski definition) is 0. The van der Waals surface area contributed by atoms with Gasteiger partial charge in [0.25, 0.3) is 0 Å². The summed E-state index contributed by atoms with van der Waals surface area (Å²) in [5.41, 5.74) is 1.17. The number of carbonyl (C=O) groups is 1. The monoisotopic (exact) mass is 348 g/mol. The van der Waals surface area contributed by atoms with Crippen molar-refractivity contribution in [3.63, 3.8) is 0 Å². The Morgan fingerprint density at radius 2 is 2.12 bits per heavy atom. The fraction of sp³-hybridized carbons (Fsp3) is 0.409. The Bertz CT molecular complexity index is 886. The van der Waals surface area contributed by atoms with E-state index in [1.54, 1.807) is 24.7 Å². The van der Waals surface area contributed by atoms with Crippen molar-refractivity contribution >= 4 is 5.78 Å². The predicted octanol–water partition coefficient (Wildman–Crippen LogP) is 4.58. The molecule has 0 saturated heterocycles.